The number of hydrogen-bond donors (Lipinski definition) is 0. The maximum atomic E-state index is 6.35. The zero-order valence-electron chi connectivity index (χ0n) is 42.4. The quantitative estimate of drug-likeness (QED) is 0.141. The van der Waals surface area contributed by atoms with Crippen molar-refractivity contribution in [3.8, 4) is 84.4 Å². The number of aryl methyl sites for hydroxylation is 3. The second-order valence-corrected chi connectivity index (χ2v) is 19.1. The number of hydrogen-bond acceptors (Lipinski definition) is 6. The molecule has 14 rings (SSSR count). The summed E-state index contributed by atoms with van der Waals surface area (Å²) in [5, 5.41) is 13.6. The van der Waals surface area contributed by atoms with Crippen LogP contribution in [0, 0.1) is 26.8 Å². The predicted molar refractivity (Wildman–Crippen MR) is 309 cm³/mol. The van der Waals surface area contributed by atoms with Gasteiger partial charge >= 0.3 is 0 Å². The summed E-state index contributed by atoms with van der Waals surface area (Å²) in [7, 11) is 0. The van der Waals surface area contributed by atoms with Crippen molar-refractivity contribution in [1.82, 2.24) is 24.7 Å². The first kappa shape index (κ1) is 48.6. The monoisotopic (exact) mass is 1170 g/mol. The normalized spacial score (nSPS) is 11.2. The first-order valence-electron chi connectivity index (χ1n) is 25.4. The number of pyridine rings is 2. The van der Waals surface area contributed by atoms with Gasteiger partial charge in [0.05, 0.1) is 17.2 Å². The summed E-state index contributed by atoms with van der Waals surface area (Å²) in [6, 6.07) is 80.5. The fourth-order valence-electron chi connectivity index (χ4n) is 10.5. The molecule has 0 atom stereocenters. The minimum absolute atomic E-state index is 0. The van der Waals surface area contributed by atoms with E-state index in [1.54, 1.807) is 0 Å². The average Bonchev–Trinajstić information content (AvgIpc) is 4.24. The van der Waals surface area contributed by atoms with Crippen molar-refractivity contribution in [2.24, 2.45) is 0 Å². The largest absolute Gasteiger partial charge is 0.455 e. The van der Waals surface area contributed by atoms with Crippen LogP contribution in [0.4, 0.5) is 0 Å². The van der Waals surface area contributed by atoms with Gasteiger partial charge < -0.3 is 13.4 Å². The molecule has 7 nitrogen and oxygen atoms in total. The van der Waals surface area contributed by atoms with E-state index in [4.69, 9.17) is 18.8 Å². The molecule has 0 unspecified atom stereocenters. The van der Waals surface area contributed by atoms with E-state index in [0.717, 1.165) is 128 Å². The first-order valence-corrected chi connectivity index (χ1v) is 25.4. The molecular weight excluding hydrogens is 1120 g/mol. The standard InChI is InChI=1S/C46H28N2O2.C23H20N3.Ir/c1-3-19-43-37(13-1)39-17-7-15-35(45(39)49-43)33-11-5-9-29(25-33)31-21-23-47-41(27-31)42-28-32(22-24-48-42)30-10-6-12-34(26-30)36-16-8-18-40-38-14-2-4-20-44(38)50-46(36)40;1-16-10-7-8-15-20(16)23-25-24-22(19-13-5-4-6-14-19)26(23)21-17(2)11-9-12-18(21)3;/h1-28H;4-13,15H,1-3H3;/q;-1;. The number of aromatic nitrogens is 5. The predicted octanol–water partition coefficient (Wildman–Crippen LogP) is 17.9. The number of para-hydroxylation sites is 5. The van der Waals surface area contributed by atoms with E-state index >= 15 is 0 Å². The van der Waals surface area contributed by atoms with E-state index in [2.05, 4.69) is 205 Å². The Balaban J connectivity index is 0.000000186. The van der Waals surface area contributed by atoms with Crippen LogP contribution in [0.3, 0.4) is 0 Å². The topological polar surface area (TPSA) is 82.8 Å². The zero-order valence-corrected chi connectivity index (χ0v) is 44.8. The van der Waals surface area contributed by atoms with E-state index in [0.29, 0.717) is 0 Å². The third-order valence-corrected chi connectivity index (χ3v) is 14.3. The Labute approximate surface area is 459 Å². The van der Waals surface area contributed by atoms with Gasteiger partial charge in [-0.05, 0) is 119 Å². The molecule has 0 aliphatic heterocycles. The Morgan fingerprint density at radius 1 is 0.377 bits per heavy atom. The molecule has 0 saturated heterocycles. The molecule has 5 aromatic heterocycles. The Morgan fingerprint density at radius 3 is 1.38 bits per heavy atom. The van der Waals surface area contributed by atoms with E-state index < -0.39 is 0 Å². The number of fused-ring (bicyclic) bond motifs is 6. The van der Waals surface area contributed by atoms with Gasteiger partial charge in [0, 0.05) is 76.4 Å². The van der Waals surface area contributed by atoms with Gasteiger partial charge in [-0.1, -0.05) is 152 Å². The van der Waals surface area contributed by atoms with E-state index in [1.807, 2.05) is 73.1 Å². The van der Waals surface area contributed by atoms with E-state index in [-0.39, 0.29) is 20.1 Å². The van der Waals surface area contributed by atoms with Crippen LogP contribution in [-0.4, -0.2) is 24.7 Å². The number of furan rings is 2. The van der Waals surface area contributed by atoms with Crippen molar-refractivity contribution < 1.29 is 28.9 Å². The summed E-state index contributed by atoms with van der Waals surface area (Å²) < 4.78 is 14.9. The zero-order chi connectivity index (χ0) is 51.1. The molecule has 9 aromatic carbocycles. The van der Waals surface area contributed by atoms with Crippen LogP contribution < -0.4 is 0 Å². The smallest absolute Gasteiger partial charge is 0.159 e. The summed E-state index contributed by atoms with van der Waals surface area (Å²) in [4.78, 5) is 9.49. The third kappa shape index (κ3) is 9.14. The molecule has 77 heavy (non-hydrogen) atoms. The molecule has 0 N–H and O–H groups in total. The van der Waals surface area contributed by atoms with Gasteiger partial charge in [0.2, 0.25) is 0 Å². The molecule has 371 valence electrons. The van der Waals surface area contributed by atoms with E-state index in [9.17, 15) is 0 Å². The van der Waals surface area contributed by atoms with Gasteiger partial charge in [0.1, 0.15) is 22.3 Å². The molecule has 0 spiro atoms. The Bertz CT molecular complexity index is 4260. The Hall–Kier alpha value is -9.33. The number of benzene rings is 9. The Morgan fingerprint density at radius 2 is 0.818 bits per heavy atom. The first-order chi connectivity index (χ1) is 37.4. The van der Waals surface area contributed by atoms with Crippen LogP contribution in [0.5, 0.6) is 0 Å². The van der Waals surface area contributed by atoms with Crippen LogP contribution in [0.1, 0.15) is 16.7 Å². The molecular formula is C69H48IrN5O2-. The van der Waals surface area contributed by atoms with Crippen molar-refractivity contribution in [3.63, 3.8) is 0 Å². The van der Waals surface area contributed by atoms with E-state index in [1.165, 1.54) is 16.7 Å². The molecule has 0 fully saturated rings. The van der Waals surface area contributed by atoms with Crippen molar-refractivity contribution in [2.75, 3.05) is 0 Å². The van der Waals surface area contributed by atoms with Crippen LogP contribution in [0.15, 0.2) is 246 Å². The third-order valence-electron chi connectivity index (χ3n) is 14.3. The molecule has 0 saturated carbocycles. The van der Waals surface area contributed by atoms with Crippen molar-refractivity contribution in [1.29, 1.82) is 0 Å². The fourth-order valence-corrected chi connectivity index (χ4v) is 10.5. The Kier molecular flexibility index (Phi) is 13.1. The average molecular weight is 1170 g/mol. The van der Waals surface area contributed by atoms with Gasteiger partial charge in [-0.3, -0.25) is 9.97 Å². The van der Waals surface area contributed by atoms with Crippen LogP contribution in [0.2, 0.25) is 0 Å². The maximum Gasteiger partial charge on any atom is 0.159 e. The summed E-state index contributed by atoms with van der Waals surface area (Å²) in [6.07, 6.45) is 3.72. The second-order valence-electron chi connectivity index (χ2n) is 19.1. The summed E-state index contributed by atoms with van der Waals surface area (Å²) >= 11 is 0. The van der Waals surface area contributed by atoms with Gasteiger partial charge in [0.15, 0.2) is 5.82 Å². The maximum absolute atomic E-state index is 6.35. The molecule has 8 heteroatoms. The van der Waals surface area contributed by atoms with Gasteiger partial charge in [-0.15, -0.1) is 41.0 Å². The number of nitrogens with zero attached hydrogens (tertiary/aromatic N) is 5. The second kappa shape index (κ2) is 20.8. The summed E-state index contributed by atoms with van der Waals surface area (Å²) in [5.74, 6) is 1.66. The number of rotatable bonds is 8. The SMILES string of the molecule is Cc1ccccc1-c1nnc(-c2[c-]cccc2)n1-c1c(C)cccc1C.[Ir].c1cc(-c2ccnc(-c3cc(-c4cccc(-c5cccc6c5oc5ccccc56)c4)ccn3)c2)cc(-c2cccc3c2oc2ccccc23)c1. The fraction of sp³-hybridized carbons (Fsp3) is 0.0435. The molecule has 0 bridgehead atoms. The van der Waals surface area contributed by atoms with Gasteiger partial charge in [0.25, 0.3) is 0 Å². The van der Waals surface area contributed by atoms with Crippen LogP contribution >= 0.6 is 0 Å². The van der Waals surface area contributed by atoms with Crippen LogP contribution in [-0.2, 0) is 20.1 Å². The van der Waals surface area contributed by atoms with Crippen molar-refractivity contribution >= 4 is 43.9 Å². The molecule has 5 heterocycles. The van der Waals surface area contributed by atoms with Crippen LogP contribution in [0.25, 0.3) is 128 Å². The van der Waals surface area contributed by atoms with Crippen molar-refractivity contribution in [2.45, 2.75) is 20.8 Å². The molecule has 0 amide bonds. The molecule has 14 aromatic rings. The van der Waals surface area contributed by atoms with Gasteiger partial charge in [-0.2, -0.15) is 5.10 Å². The molecule has 0 aliphatic carbocycles. The van der Waals surface area contributed by atoms with Crippen molar-refractivity contribution in [3.05, 3.63) is 260 Å². The molecule has 1 radical (unpaired) electrons. The summed E-state index contributed by atoms with van der Waals surface area (Å²) in [5.41, 5.74) is 20.6. The minimum Gasteiger partial charge on any atom is -0.455 e. The minimum atomic E-state index is 0. The van der Waals surface area contributed by atoms with Gasteiger partial charge in [-0.25, -0.2) is 0 Å². The summed E-state index contributed by atoms with van der Waals surface area (Å²) in [6.45, 7) is 6.36. The molecule has 0 aliphatic rings.